The van der Waals surface area contributed by atoms with Crippen LogP contribution < -0.4 is 9.47 Å². The molecule has 0 amide bonds. The molecule has 5 heteroatoms. The van der Waals surface area contributed by atoms with Crippen molar-refractivity contribution in [3.8, 4) is 22.6 Å². The summed E-state index contributed by atoms with van der Waals surface area (Å²) in [6.45, 7) is 1.60. The highest BCUT2D eigenvalue weighted by Crippen LogP contribution is 2.28. The molecule has 0 radical (unpaired) electrons. The van der Waals surface area contributed by atoms with E-state index in [1.165, 1.54) is 0 Å². The Kier molecular flexibility index (Phi) is 5.82. The molecular weight excluding hydrogens is 371 g/mol. The van der Waals surface area contributed by atoms with Crippen LogP contribution in [0.4, 0.5) is 0 Å². The maximum atomic E-state index is 12.2. The molecule has 0 spiro atoms. The molecule has 0 bridgehead atoms. The SMILES string of the molecule is CC(Oc1ccc(Cl)cc1Cl)C(=O)Oc1ccc(-c2ccccc2)cc1. The fourth-order valence-electron chi connectivity index (χ4n) is 2.35. The molecule has 0 aliphatic rings. The number of hydrogen-bond acceptors (Lipinski definition) is 3. The molecule has 0 heterocycles. The molecule has 3 rings (SSSR count). The van der Waals surface area contributed by atoms with Crippen LogP contribution in [0.25, 0.3) is 11.1 Å². The van der Waals surface area contributed by atoms with Crippen molar-refractivity contribution in [2.45, 2.75) is 13.0 Å². The molecule has 3 aromatic carbocycles. The Labute approximate surface area is 162 Å². The van der Waals surface area contributed by atoms with Gasteiger partial charge in [0.15, 0.2) is 6.10 Å². The lowest BCUT2D eigenvalue weighted by molar-refractivity contribution is -0.141. The lowest BCUT2D eigenvalue weighted by atomic mass is 10.1. The van der Waals surface area contributed by atoms with Gasteiger partial charge in [-0.15, -0.1) is 0 Å². The van der Waals surface area contributed by atoms with E-state index < -0.39 is 12.1 Å². The van der Waals surface area contributed by atoms with Crippen LogP contribution in [0.2, 0.25) is 10.0 Å². The molecule has 0 saturated carbocycles. The van der Waals surface area contributed by atoms with Crippen LogP contribution in [-0.2, 0) is 4.79 Å². The van der Waals surface area contributed by atoms with E-state index in [9.17, 15) is 4.79 Å². The van der Waals surface area contributed by atoms with Crippen molar-refractivity contribution >= 4 is 29.2 Å². The van der Waals surface area contributed by atoms with Gasteiger partial charge in [0.25, 0.3) is 0 Å². The third kappa shape index (κ3) is 4.57. The van der Waals surface area contributed by atoms with Gasteiger partial charge in [-0.25, -0.2) is 4.79 Å². The average molecular weight is 387 g/mol. The van der Waals surface area contributed by atoms with E-state index in [0.29, 0.717) is 21.5 Å². The van der Waals surface area contributed by atoms with E-state index in [2.05, 4.69) is 0 Å². The Bertz CT molecular complexity index is 893. The number of ether oxygens (including phenoxy) is 2. The van der Waals surface area contributed by atoms with Gasteiger partial charge in [0.2, 0.25) is 0 Å². The fraction of sp³-hybridized carbons (Fsp3) is 0.0952. The standard InChI is InChI=1S/C21H16Cl2O3/c1-14(25-20-12-9-17(22)13-19(20)23)21(24)26-18-10-7-16(8-11-18)15-5-3-2-4-6-15/h2-14H,1H3. The van der Waals surface area contributed by atoms with Crippen molar-refractivity contribution in [2.75, 3.05) is 0 Å². The Morgan fingerprint density at radius 1 is 0.885 bits per heavy atom. The van der Waals surface area contributed by atoms with Crippen molar-refractivity contribution in [2.24, 2.45) is 0 Å². The van der Waals surface area contributed by atoms with Gasteiger partial charge < -0.3 is 9.47 Å². The van der Waals surface area contributed by atoms with E-state index in [0.717, 1.165) is 11.1 Å². The maximum absolute atomic E-state index is 12.2. The minimum atomic E-state index is -0.817. The molecule has 132 valence electrons. The normalized spacial score (nSPS) is 11.7. The smallest absolute Gasteiger partial charge is 0.352 e. The highest BCUT2D eigenvalue weighted by Gasteiger charge is 2.18. The summed E-state index contributed by atoms with van der Waals surface area (Å²) >= 11 is 11.9. The van der Waals surface area contributed by atoms with Crippen LogP contribution >= 0.6 is 23.2 Å². The zero-order valence-corrected chi connectivity index (χ0v) is 15.5. The molecule has 1 atom stereocenters. The van der Waals surface area contributed by atoms with Crippen LogP contribution in [0.1, 0.15) is 6.92 Å². The first-order chi connectivity index (χ1) is 12.5. The summed E-state index contributed by atoms with van der Waals surface area (Å²) in [7, 11) is 0. The summed E-state index contributed by atoms with van der Waals surface area (Å²) in [5.74, 6) is 0.316. The van der Waals surface area contributed by atoms with E-state index in [1.54, 1.807) is 37.3 Å². The molecular formula is C21H16Cl2O3. The van der Waals surface area contributed by atoms with Gasteiger partial charge in [-0.1, -0.05) is 65.7 Å². The number of esters is 1. The summed E-state index contributed by atoms with van der Waals surface area (Å²) in [6.07, 6.45) is -0.817. The lowest BCUT2D eigenvalue weighted by Gasteiger charge is -2.15. The predicted octanol–water partition coefficient (Wildman–Crippen LogP) is 6.03. The summed E-state index contributed by atoms with van der Waals surface area (Å²) < 4.78 is 10.9. The van der Waals surface area contributed by atoms with Crippen LogP contribution in [0.3, 0.4) is 0 Å². The second-order valence-corrected chi connectivity index (χ2v) is 6.49. The minimum Gasteiger partial charge on any atom is -0.477 e. The summed E-state index contributed by atoms with van der Waals surface area (Å²) in [5.41, 5.74) is 2.14. The molecule has 26 heavy (non-hydrogen) atoms. The zero-order chi connectivity index (χ0) is 18.5. The van der Waals surface area contributed by atoms with E-state index in [4.69, 9.17) is 32.7 Å². The highest BCUT2D eigenvalue weighted by molar-refractivity contribution is 6.35. The van der Waals surface area contributed by atoms with Crippen LogP contribution in [0.15, 0.2) is 72.8 Å². The molecule has 0 aliphatic heterocycles. The van der Waals surface area contributed by atoms with Gasteiger partial charge in [0, 0.05) is 5.02 Å². The van der Waals surface area contributed by atoms with Crippen LogP contribution in [-0.4, -0.2) is 12.1 Å². The van der Waals surface area contributed by atoms with Gasteiger partial charge in [-0.2, -0.15) is 0 Å². The molecule has 0 aromatic heterocycles. The second-order valence-electron chi connectivity index (χ2n) is 5.65. The third-order valence-corrected chi connectivity index (χ3v) is 4.24. The van der Waals surface area contributed by atoms with Crippen molar-refractivity contribution in [3.05, 3.63) is 82.8 Å². The van der Waals surface area contributed by atoms with Gasteiger partial charge in [-0.3, -0.25) is 0 Å². The van der Waals surface area contributed by atoms with E-state index >= 15 is 0 Å². The third-order valence-electron chi connectivity index (χ3n) is 3.71. The Hall–Kier alpha value is -2.49. The molecule has 3 nitrogen and oxygen atoms in total. The largest absolute Gasteiger partial charge is 0.477 e. The van der Waals surface area contributed by atoms with E-state index in [-0.39, 0.29) is 0 Å². The van der Waals surface area contributed by atoms with Crippen molar-refractivity contribution in [3.63, 3.8) is 0 Å². The number of rotatable bonds is 5. The number of hydrogen-bond donors (Lipinski definition) is 0. The van der Waals surface area contributed by atoms with Gasteiger partial charge >= 0.3 is 5.97 Å². The summed E-state index contributed by atoms with van der Waals surface area (Å²) in [5, 5.41) is 0.834. The maximum Gasteiger partial charge on any atom is 0.352 e. The minimum absolute atomic E-state index is 0.337. The van der Waals surface area contributed by atoms with Crippen molar-refractivity contribution in [1.29, 1.82) is 0 Å². The quantitative estimate of drug-likeness (QED) is 0.396. The Morgan fingerprint density at radius 2 is 1.54 bits per heavy atom. The molecule has 0 fully saturated rings. The Balaban J connectivity index is 1.63. The highest BCUT2D eigenvalue weighted by atomic mass is 35.5. The first-order valence-electron chi connectivity index (χ1n) is 8.02. The number of carbonyl (C=O) groups excluding carboxylic acids is 1. The van der Waals surface area contributed by atoms with Crippen LogP contribution in [0, 0.1) is 0 Å². The summed E-state index contributed by atoms with van der Waals surface area (Å²) in [4.78, 5) is 12.2. The summed E-state index contributed by atoms with van der Waals surface area (Å²) in [6, 6.07) is 22.1. The van der Waals surface area contributed by atoms with E-state index in [1.807, 2.05) is 42.5 Å². The monoisotopic (exact) mass is 386 g/mol. The molecule has 3 aromatic rings. The van der Waals surface area contributed by atoms with Crippen LogP contribution in [0.5, 0.6) is 11.5 Å². The predicted molar refractivity (Wildman–Crippen MR) is 104 cm³/mol. The van der Waals surface area contributed by atoms with Gasteiger partial charge in [0.1, 0.15) is 11.5 Å². The number of benzene rings is 3. The molecule has 0 N–H and O–H groups in total. The second kappa shape index (κ2) is 8.26. The average Bonchev–Trinajstić information content (AvgIpc) is 2.65. The lowest BCUT2D eigenvalue weighted by Crippen LogP contribution is -2.28. The first-order valence-corrected chi connectivity index (χ1v) is 8.77. The molecule has 0 saturated heterocycles. The Morgan fingerprint density at radius 3 is 2.19 bits per heavy atom. The zero-order valence-electron chi connectivity index (χ0n) is 14.0. The molecule has 1 unspecified atom stereocenters. The van der Waals surface area contributed by atoms with Gasteiger partial charge in [-0.05, 0) is 48.4 Å². The van der Waals surface area contributed by atoms with Crippen molar-refractivity contribution < 1.29 is 14.3 Å². The number of carbonyl (C=O) groups is 1. The molecule has 0 aliphatic carbocycles. The van der Waals surface area contributed by atoms with Gasteiger partial charge in [0.05, 0.1) is 5.02 Å². The fourth-order valence-corrected chi connectivity index (χ4v) is 2.81. The van der Waals surface area contributed by atoms with Crippen molar-refractivity contribution in [1.82, 2.24) is 0 Å². The topological polar surface area (TPSA) is 35.5 Å². The number of halogens is 2. The first kappa shape index (κ1) is 18.3.